The Balaban J connectivity index is 1.40. The van der Waals surface area contributed by atoms with Crippen molar-refractivity contribution in [2.45, 2.75) is 25.0 Å². The normalized spacial score (nSPS) is 24.1. The minimum atomic E-state index is -0.152. The van der Waals surface area contributed by atoms with Crippen LogP contribution in [0.4, 0.5) is 0 Å². The lowest BCUT2D eigenvalue weighted by Gasteiger charge is -2.40. The highest BCUT2D eigenvalue weighted by molar-refractivity contribution is 5.81. The zero-order chi connectivity index (χ0) is 16.5. The minimum Gasteiger partial charge on any atom is -0.388 e. The monoisotopic (exact) mass is 328 g/mol. The van der Waals surface area contributed by atoms with Crippen molar-refractivity contribution >= 4 is 5.91 Å². The number of hydrogen-bond acceptors (Lipinski definition) is 5. The SMILES string of the molecule is O=C([C@@H]1CCO[C@H]1c1ccccc1)N1CC(c2cc(CO)on2)C1. The lowest BCUT2D eigenvalue weighted by atomic mass is 9.89. The molecule has 1 N–H and O–H groups in total. The molecule has 3 heterocycles. The third-order valence-electron chi connectivity index (χ3n) is 4.88. The molecule has 0 bridgehead atoms. The number of aliphatic hydroxyl groups excluding tert-OH is 1. The number of hydrogen-bond donors (Lipinski definition) is 1. The summed E-state index contributed by atoms with van der Waals surface area (Å²) in [6, 6.07) is 11.7. The molecule has 6 nitrogen and oxygen atoms in total. The first-order valence-electron chi connectivity index (χ1n) is 8.28. The van der Waals surface area contributed by atoms with Gasteiger partial charge in [-0.3, -0.25) is 4.79 Å². The van der Waals surface area contributed by atoms with Crippen LogP contribution in [0.3, 0.4) is 0 Å². The molecule has 0 radical (unpaired) electrons. The third-order valence-corrected chi connectivity index (χ3v) is 4.88. The van der Waals surface area contributed by atoms with Crippen molar-refractivity contribution in [2.75, 3.05) is 19.7 Å². The number of carbonyl (C=O) groups is 1. The lowest BCUT2D eigenvalue weighted by Crippen LogP contribution is -2.51. The highest BCUT2D eigenvalue weighted by atomic mass is 16.5. The smallest absolute Gasteiger partial charge is 0.228 e. The molecule has 0 spiro atoms. The standard InChI is InChI=1S/C18H20N2O4/c21-11-14-8-16(19-24-14)13-9-20(10-13)18(22)15-6-7-23-17(15)12-4-2-1-3-5-12/h1-5,8,13,15,17,21H,6-7,9-11H2/t15-,17+/m1/s1. The van der Waals surface area contributed by atoms with Crippen LogP contribution in [0.2, 0.25) is 0 Å². The van der Waals surface area contributed by atoms with E-state index in [9.17, 15) is 4.79 Å². The van der Waals surface area contributed by atoms with Crippen molar-refractivity contribution in [1.29, 1.82) is 0 Å². The van der Waals surface area contributed by atoms with Crippen LogP contribution in [0.1, 0.15) is 35.5 Å². The summed E-state index contributed by atoms with van der Waals surface area (Å²) in [5.74, 6) is 0.695. The summed E-state index contributed by atoms with van der Waals surface area (Å²) in [6.45, 7) is 1.76. The van der Waals surface area contributed by atoms with E-state index in [2.05, 4.69) is 5.16 Å². The molecule has 2 aromatic rings. The second-order valence-electron chi connectivity index (χ2n) is 6.41. The summed E-state index contributed by atoms with van der Waals surface area (Å²) >= 11 is 0. The van der Waals surface area contributed by atoms with Crippen LogP contribution in [0.15, 0.2) is 40.9 Å². The van der Waals surface area contributed by atoms with Gasteiger partial charge in [-0.25, -0.2) is 0 Å². The number of amides is 1. The Hall–Kier alpha value is -2.18. The molecule has 2 aliphatic heterocycles. The Morgan fingerprint density at radius 3 is 2.79 bits per heavy atom. The predicted octanol–water partition coefficient (Wildman–Crippen LogP) is 1.87. The van der Waals surface area contributed by atoms with Crippen LogP contribution >= 0.6 is 0 Å². The Labute approximate surface area is 140 Å². The molecule has 1 aromatic carbocycles. The van der Waals surface area contributed by atoms with Crippen molar-refractivity contribution in [2.24, 2.45) is 5.92 Å². The molecule has 1 amide bonds. The van der Waals surface area contributed by atoms with Crippen LogP contribution in [0, 0.1) is 5.92 Å². The van der Waals surface area contributed by atoms with Crippen molar-refractivity contribution in [3.63, 3.8) is 0 Å². The number of aromatic nitrogens is 1. The summed E-state index contributed by atoms with van der Waals surface area (Å²) in [5.41, 5.74) is 1.87. The summed E-state index contributed by atoms with van der Waals surface area (Å²) < 4.78 is 10.8. The molecule has 126 valence electrons. The number of nitrogens with zero attached hydrogens (tertiary/aromatic N) is 2. The number of likely N-dealkylation sites (tertiary alicyclic amines) is 1. The Bertz CT molecular complexity index is 709. The molecule has 2 atom stereocenters. The van der Waals surface area contributed by atoms with E-state index in [-0.39, 0.29) is 30.5 Å². The van der Waals surface area contributed by atoms with Crippen molar-refractivity contribution in [1.82, 2.24) is 10.1 Å². The molecule has 6 heteroatoms. The number of ether oxygens (including phenoxy) is 1. The summed E-state index contributed by atoms with van der Waals surface area (Å²) in [6.07, 6.45) is 0.615. The summed E-state index contributed by atoms with van der Waals surface area (Å²) in [4.78, 5) is 14.7. The van der Waals surface area contributed by atoms with Gasteiger partial charge in [0.2, 0.25) is 5.91 Å². The average Bonchev–Trinajstić information content (AvgIpc) is 3.23. The van der Waals surface area contributed by atoms with Gasteiger partial charge in [0, 0.05) is 31.7 Å². The van der Waals surface area contributed by atoms with Crippen molar-refractivity contribution < 1.29 is 19.2 Å². The van der Waals surface area contributed by atoms with Crippen molar-refractivity contribution in [3.05, 3.63) is 53.4 Å². The zero-order valence-corrected chi connectivity index (χ0v) is 13.3. The Kier molecular flexibility index (Phi) is 4.08. The molecule has 0 unspecified atom stereocenters. The van der Waals surface area contributed by atoms with E-state index in [1.54, 1.807) is 6.07 Å². The van der Waals surface area contributed by atoms with E-state index in [1.165, 1.54) is 0 Å². The molecule has 1 aromatic heterocycles. The molecular formula is C18H20N2O4. The largest absolute Gasteiger partial charge is 0.388 e. The fourth-order valence-electron chi connectivity index (χ4n) is 3.49. The molecule has 0 aliphatic carbocycles. The van der Waals surface area contributed by atoms with E-state index in [4.69, 9.17) is 14.4 Å². The second kappa shape index (κ2) is 6.37. The molecule has 0 saturated carbocycles. The zero-order valence-electron chi connectivity index (χ0n) is 13.3. The first-order valence-corrected chi connectivity index (χ1v) is 8.28. The van der Waals surface area contributed by atoms with Gasteiger partial charge in [0.05, 0.1) is 17.7 Å². The van der Waals surface area contributed by atoms with Crippen molar-refractivity contribution in [3.8, 4) is 0 Å². The van der Waals surface area contributed by atoms with E-state index >= 15 is 0 Å². The number of aliphatic hydroxyl groups is 1. The van der Waals surface area contributed by atoms with Gasteiger partial charge in [-0.05, 0) is 12.0 Å². The van der Waals surface area contributed by atoms with Gasteiger partial charge >= 0.3 is 0 Å². The van der Waals surface area contributed by atoms with E-state index in [0.29, 0.717) is 25.5 Å². The lowest BCUT2D eigenvalue weighted by molar-refractivity contribution is -0.142. The fraction of sp³-hybridized carbons (Fsp3) is 0.444. The van der Waals surface area contributed by atoms with Crippen LogP contribution in [0.25, 0.3) is 0 Å². The van der Waals surface area contributed by atoms with E-state index in [1.807, 2.05) is 35.2 Å². The summed E-state index contributed by atoms with van der Waals surface area (Å²) in [7, 11) is 0. The second-order valence-corrected chi connectivity index (χ2v) is 6.41. The van der Waals surface area contributed by atoms with Crippen LogP contribution < -0.4 is 0 Å². The maximum absolute atomic E-state index is 12.8. The van der Waals surface area contributed by atoms with Gasteiger partial charge in [0.1, 0.15) is 6.61 Å². The van der Waals surface area contributed by atoms with Crippen LogP contribution in [0.5, 0.6) is 0 Å². The fourth-order valence-corrected chi connectivity index (χ4v) is 3.49. The van der Waals surface area contributed by atoms with Gasteiger partial charge in [-0.1, -0.05) is 35.5 Å². The summed E-state index contributed by atoms with van der Waals surface area (Å²) in [5, 5.41) is 13.0. The van der Waals surface area contributed by atoms with Crippen LogP contribution in [-0.2, 0) is 16.1 Å². The van der Waals surface area contributed by atoms with Gasteiger partial charge < -0.3 is 19.3 Å². The van der Waals surface area contributed by atoms with Crippen LogP contribution in [-0.4, -0.2) is 40.8 Å². The number of rotatable bonds is 4. The van der Waals surface area contributed by atoms with Gasteiger partial charge in [0.25, 0.3) is 0 Å². The molecule has 2 aliphatic rings. The Morgan fingerprint density at radius 2 is 2.08 bits per heavy atom. The number of carbonyl (C=O) groups excluding carboxylic acids is 1. The molecular weight excluding hydrogens is 308 g/mol. The highest BCUT2D eigenvalue weighted by Crippen LogP contribution is 2.38. The first kappa shape index (κ1) is 15.4. The highest BCUT2D eigenvalue weighted by Gasteiger charge is 2.42. The topological polar surface area (TPSA) is 75.8 Å². The molecule has 2 saturated heterocycles. The van der Waals surface area contributed by atoms with E-state index in [0.717, 1.165) is 17.7 Å². The minimum absolute atomic E-state index is 0.112. The van der Waals surface area contributed by atoms with Gasteiger partial charge in [0.15, 0.2) is 5.76 Å². The Morgan fingerprint density at radius 1 is 1.29 bits per heavy atom. The quantitative estimate of drug-likeness (QED) is 0.927. The molecule has 4 rings (SSSR count). The van der Waals surface area contributed by atoms with E-state index < -0.39 is 0 Å². The van der Waals surface area contributed by atoms with Gasteiger partial charge in [-0.15, -0.1) is 0 Å². The average molecular weight is 328 g/mol. The van der Waals surface area contributed by atoms with Gasteiger partial charge in [-0.2, -0.15) is 0 Å². The molecule has 24 heavy (non-hydrogen) atoms. The first-order chi connectivity index (χ1) is 11.8. The number of benzene rings is 1. The third kappa shape index (κ3) is 2.72. The maximum atomic E-state index is 12.8. The molecule has 2 fully saturated rings. The predicted molar refractivity (Wildman–Crippen MR) is 85.0 cm³/mol. The maximum Gasteiger partial charge on any atom is 0.228 e.